The fraction of sp³-hybridized carbons (Fsp3) is 0.714. The van der Waals surface area contributed by atoms with Gasteiger partial charge in [0.2, 0.25) is 0 Å². The summed E-state index contributed by atoms with van der Waals surface area (Å²) in [6.07, 6.45) is 1.41. The van der Waals surface area contributed by atoms with Crippen molar-refractivity contribution in [3.8, 4) is 0 Å². The number of ketones is 1. The van der Waals surface area contributed by atoms with Crippen molar-refractivity contribution in [3.63, 3.8) is 0 Å². The Morgan fingerprint density at radius 3 is 2.47 bits per heavy atom. The number of hydrogen-bond donors (Lipinski definition) is 0. The molecule has 108 valence electrons. The topological polar surface area (TPSA) is 49.9 Å². The second-order valence-corrected chi connectivity index (χ2v) is 6.24. The Morgan fingerprint density at radius 1 is 1.42 bits per heavy atom. The van der Waals surface area contributed by atoms with E-state index in [4.69, 9.17) is 4.74 Å². The van der Waals surface area contributed by atoms with Crippen LogP contribution < -0.4 is 0 Å². The van der Waals surface area contributed by atoms with Gasteiger partial charge < -0.3 is 14.5 Å². The van der Waals surface area contributed by atoms with Gasteiger partial charge in [0.25, 0.3) is 0 Å². The lowest BCUT2D eigenvalue weighted by Gasteiger charge is -2.33. The molecule has 0 spiro atoms. The predicted octanol–water partition coefficient (Wildman–Crippen LogP) is 1.89. The molecule has 5 heteroatoms. The van der Waals surface area contributed by atoms with Gasteiger partial charge in [-0.2, -0.15) is 0 Å². The number of ether oxygens (including phenoxy) is 1. The molecule has 1 fully saturated rings. The van der Waals surface area contributed by atoms with Crippen LogP contribution in [0.3, 0.4) is 0 Å². The molecule has 0 radical (unpaired) electrons. The fourth-order valence-electron chi connectivity index (χ4n) is 1.96. The molecule has 1 atom stereocenters. The molecule has 0 saturated carbocycles. The second kappa shape index (κ2) is 5.63. The zero-order valence-electron chi connectivity index (χ0n) is 12.7. The van der Waals surface area contributed by atoms with Crippen LogP contribution in [0, 0.1) is 5.92 Å². The van der Waals surface area contributed by atoms with E-state index in [-0.39, 0.29) is 17.8 Å². The van der Waals surface area contributed by atoms with Gasteiger partial charge in [0.15, 0.2) is 5.78 Å². The quantitative estimate of drug-likeness (QED) is 0.681. The van der Waals surface area contributed by atoms with Crippen molar-refractivity contribution in [3.05, 3.63) is 11.8 Å². The Bertz CT molecular complexity index is 394. The van der Waals surface area contributed by atoms with Crippen LogP contribution in [0.2, 0.25) is 0 Å². The molecule has 0 N–H and O–H groups in total. The number of likely N-dealkylation sites (tertiary alicyclic amines) is 1. The van der Waals surface area contributed by atoms with Crippen LogP contribution in [0.1, 0.15) is 27.7 Å². The highest BCUT2D eigenvalue weighted by atomic mass is 16.6. The molecule has 1 amide bonds. The molecule has 0 aromatic rings. The maximum atomic E-state index is 12.0. The lowest BCUT2D eigenvalue weighted by Crippen LogP contribution is -2.46. The zero-order chi connectivity index (χ0) is 14.8. The lowest BCUT2D eigenvalue weighted by atomic mass is 9.94. The summed E-state index contributed by atoms with van der Waals surface area (Å²) in [7, 11) is 3.72. The van der Waals surface area contributed by atoms with Crippen LogP contribution >= 0.6 is 0 Å². The molecule has 1 heterocycles. The molecule has 19 heavy (non-hydrogen) atoms. The number of piperidine rings is 1. The molecule has 1 unspecified atom stereocenters. The molecule has 1 aliphatic heterocycles. The molecule has 0 aromatic carbocycles. The standard InChI is InChI=1S/C14H24N2O3/c1-10-7-16(13(18)19-14(2,3)4)9-11(12(10)17)8-15(5)6/h8,10H,7,9H2,1-6H3/b11-8+. The van der Waals surface area contributed by atoms with Gasteiger partial charge in [-0.3, -0.25) is 4.79 Å². The summed E-state index contributed by atoms with van der Waals surface area (Å²) in [6, 6.07) is 0. The SMILES string of the molecule is CC1CN(C(=O)OC(C)(C)C)C/C(=C\N(C)C)C1=O. The van der Waals surface area contributed by atoms with Crippen LogP contribution in [-0.4, -0.2) is 54.5 Å². The van der Waals surface area contributed by atoms with Crippen molar-refractivity contribution in [2.24, 2.45) is 5.92 Å². The van der Waals surface area contributed by atoms with Crippen molar-refractivity contribution in [2.45, 2.75) is 33.3 Å². The third-order valence-electron chi connectivity index (χ3n) is 2.69. The van der Waals surface area contributed by atoms with E-state index in [0.29, 0.717) is 18.7 Å². The monoisotopic (exact) mass is 268 g/mol. The van der Waals surface area contributed by atoms with Gasteiger partial charge in [-0.15, -0.1) is 0 Å². The van der Waals surface area contributed by atoms with Crippen molar-refractivity contribution < 1.29 is 14.3 Å². The summed E-state index contributed by atoms with van der Waals surface area (Å²) in [6.45, 7) is 8.07. The minimum Gasteiger partial charge on any atom is -0.444 e. The van der Waals surface area contributed by atoms with Crippen LogP contribution in [0.4, 0.5) is 4.79 Å². The lowest BCUT2D eigenvalue weighted by molar-refractivity contribution is -0.121. The first-order valence-corrected chi connectivity index (χ1v) is 6.49. The van der Waals surface area contributed by atoms with E-state index >= 15 is 0 Å². The number of carbonyl (C=O) groups is 2. The Morgan fingerprint density at radius 2 is 2.00 bits per heavy atom. The number of carbonyl (C=O) groups excluding carboxylic acids is 2. The summed E-state index contributed by atoms with van der Waals surface area (Å²) in [5.74, 6) is -0.0824. The van der Waals surface area contributed by atoms with E-state index in [2.05, 4.69) is 0 Å². The average molecular weight is 268 g/mol. The molecule has 1 saturated heterocycles. The van der Waals surface area contributed by atoms with Gasteiger partial charge in [0.05, 0.1) is 6.54 Å². The van der Waals surface area contributed by atoms with E-state index < -0.39 is 5.60 Å². The van der Waals surface area contributed by atoms with Crippen LogP contribution in [0.5, 0.6) is 0 Å². The van der Waals surface area contributed by atoms with Gasteiger partial charge in [0.1, 0.15) is 5.60 Å². The molecular formula is C14H24N2O3. The van der Waals surface area contributed by atoms with Crippen molar-refractivity contribution >= 4 is 11.9 Å². The summed E-state index contributed by atoms with van der Waals surface area (Å²) in [4.78, 5) is 27.5. The molecule has 1 aliphatic rings. The van der Waals surface area contributed by atoms with E-state index in [1.54, 1.807) is 11.1 Å². The molecule has 0 aliphatic carbocycles. The Labute approximate surface area is 115 Å². The number of nitrogens with zero attached hydrogens (tertiary/aromatic N) is 2. The third-order valence-corrected chi connectivity index (χ3v) is 2.69. The van der Waals surface area contributed by atoms with Gasteiger partial charge in [-0.25, -0.2) is 4.79 Å². The number of Topliss-reactive ketones (excluding diaryl/α,β-unsaturated/α-hetero) is 1. The largest absolute Gasteiger partial charge is 0.444 e. The highest BCUT2D eigenvalue weighted by Crippen LogP contribution is 2.20. The van der Waals surface area contributed by atoms with Crippen LogP contribution in [-0.2, 0) is 9.53 Å². The van der Waals surface area contributed by atoms with Crippen LogP contribution in [0.25, 0.3) is 0 Å². The normalized spacial score (nSPS) is 22.6. The van der Waals surface area contributed by atoms with Crippen molar-refractivity contribution in [2.75, 3.05) is 27.2 Å². The van der Waals surface area contributed by atoms with Gasteiger partial charge in [-0.05, 0) is 20.8 Å². The van der Waals surface area contributed by atoms with E-state index in [1.165, 1.54) is 0 Å². The zero-order valence-corrected chi connectivity index (χ0v) is 12.7. The average Bonchev–Trinajstić information content (AvgIpc) is 2.21. The number of hydrogen-bond acceptors (Lipinski definition) is 4. The van der Waals surface area contributed by atoms with E-state index in [1.807, 2.05) is 46.7 Å². The van der Waals surface area contributed by atoms with Gasteiger partial charge >= 0.3 is 6.09 Å². The molecular weight excluding hydrogens is 244 g/mol. The first kappa shape index (κ1) is 15.5. The molecule has 0 aromatic heterocycles. The summed E-state index contributed by atoms with van der Waals surface area (Å²) in [5.41, 5.74) is 0.127. The molecule has 0 bridgehead atoms. The molecule has 5 nitrogen and oxygen atoms in total. The van der Waals surface area contributed by atoms with Gasteiger partial charge in [-0.1, -0.05) is 6.92 Å². The number of rotatable bonds is 1. The summed E-state index contributed by atoms with van der Waals surface area (Å²) < 4.78 is 5.35. The van der Waals surface area contributed by atoms with E-state index in [9.17, 15) is 9.59 Å². The minimum atomic E-state index is -0.521. The smallest absolute Gasteiger partial charge is 0.410 e. The predicted molar refractivity (Wildman–Crippen MR) is 73.7 cm³/mol. The molecule has 1 rings (SSSR count). The van der Waals surface area contributed by atoms with Crippen LogP contribution in [0.15, 0.2) is 11.8 Å². The Hall–Kier alpha value is -1.52. The maximum Gasteiger partial charge on any atom is 0.410 e. The number of amides is 1. The third kappa shape index (κ3) is 4.58. The summed E-state index contributed by atoms with van der Waals surface area (Å²) in [5, 5.41) is 0. The Kier molecular flexibility index (Phi) is 4.61. The summed E-state index contributed by atoms with van der Waals surface area (Å²) >= 11 is 0. The fourth-order valence-corrected chi connectivity index (χ4v) is 1.96. The highest BCUT2D eigenvalue weighted by Gasteiger charge is 2.33. The second-order valence-electron chi connectivity index (χ2n) is 6.24. The first-order valence-electron chi connectivity index (χ1n) is 6.49. The minimum absolute atomic E-state index is 0.105. The van der Waals surface area contributed by atoms with Gasteiger partial charge in [0, 0.05) is 38.3 Å². The highest BCUT2D eigenvalue weighted by molar-refractivity contribution is 5.99. The Balaban J connectivity index is 2.83. The maximum absolute atomic E-state index is 12.0. The van der Waals surface area contributed by atoms with Crippen molar-refractivity contribution in [1.82, 2.24) is 9.80 Å². The van der Waals surface area contributed by atoms with Crippen molar-refractivity contribution in [1.29, 1.82) is 0 Å². The van der Waals surface area contributed by atoms with E-state index in [0.717, 1.165) is 0 Å². The first-order chi connectivity index (χ1) is 8.60.